The lowest BCUT2D eigenvalue weighted by Crippen LogP contribution is -2.47. The number of hydrogen-bond acceptors (Lipinski definition) is 5. The zero-order valence-corrected chi connectivity index (χ0v) is 18.2. The molecule has 160 valence electrons. The molecular formula is C23H30N4O2S. The van der Waals surface area contributed by atoms with E-state index in [2.05, 4.69) is 26.9 Å². The Labute approximate surface area is 179 Å². The average molecular weight is 427 g/mol. The van der Waals surface area contributed by atoms with E-state index in [4.69, 9.17) is 0 Å². The fourth-order valence-corrected chi connectivity index (χ4v) is 6.09. The molecule has 3 aliphatic rings. The Bertz CT molecular complexity index is 957. The molecule has 6 nitrogen and oxygen atoms in total. The van der Waals surface area contributed by atoms with Crippen molar-refractivity contribution in [2.45, 2.75) is 43.0 Å². The summed E-state index contributed by atoms with van der Waals surface area (Å²) in [5.74, 6) is 1.03. The molecule has 2 aliphatic heterocycles. The summed E-state index contributed by atoms with van der Waals surface area (Å²) in [5.41, 5.74) is 2.00. The Hall–Kier alpha value is -1.96. The van der Waals surface area contributed by atoms with Crippen molar-refractivity contribution in [3.8, 4) is 11.1 Å². The van der Waals surface area contributed by atoms with Crippen LogP contribution in [0.25, 0.3) is 11.1 Å². The van der Waals surface area contributed by atoms with Crippen LogP contribution in [0.4, 0.5) is 5.82 Å². The van der Waals surface area contributed by atoms with Crippen LogP contribution in [-0.4, -0.2) is 67.9 Å². The largest absolute Gasteiger partial charge is 0.354 e. The molecular weight excluding hydrogens is 396 g/mol. The molecule has 1 saturated carbocycles. The summed E-state index contributed by atoms with van der Waals surface area (Å²) < 4.78 is 27.3. The number of aromatic nitrogens is 1. The van der Waals surface area contributed by atoms with Crippen molar-refractivity contribution in [2.24, 2.45) is 0 Å². The second-order valence-electron chi connectivity index (χ2n) is 8.65. The highest BCUT2D eigenvalue weighted by molar-refractivity contribution is 7.89. The predicted molar refractivity (Wildman–Crippen MR) is 119 cm³/mol. The van der Waals surface area contributed by atoms with E-state index in [1.54, 1.807) is 16.4 Å². The SMILES string of the molecule is O=S(=O)(c1ccc(-c2ccc(N3CCN(C4CC4)CC3)nc2)cc1)N1CCCCC1. The molecule has 2 aromatic rings. The van der Waals surface area contributed by atoms with Crippen LogP contribution in [0.15, 0.2) is 47.5 Å². The molecule has 0 radical (unpaired) electrons. The molecule has 3 fully saturated rings. The highest BCUT2D eigenvalue weighted by atomic mass is 32.2. The molecule has 30 heavy (non-hydrogen) atoms. The fourth-order valence-electron chi connectivity index (χ4n) is 4.57. The van der Waals surface area contributed by atoms with Crippen molar-refractivity contribution < 1.29 is 8.42 Å². The molecule has 0 N–H and O–H groups in total. The Balaban J connectivity index is 1.25. The van der Waals surface area contributed by atoms with Gasteiger partial charge in [-0.15, -0.1) is 0 Å². The Kier molecular flexibility index (Phi) is 5.52. The molecule has 3 heterocycles. The van der Waals surface area contributed by atoms with Gasteiger partial charge in [0.1, 0.15) is 5.82 Å². The number of piperazine rings is 1. The summed E-state index contributed by atoms with van der Waals surface area (Å²) in [6.07, 6.45) is 7.65. The van der Waals surface area contributed by atoms with Crippen LogP contribution in [0.2, 0.25) is 0 Å². The van der Waals surface area contributed by atoms with Crippen LogP contribution in [-0.2, 0) is 10.0 Å². The molecule has 1 aromatic heterocycles. The van der Waals surface area contributed by atoms with E-state index in [1.165, 1.54) is 12.8 Å². The van der Waals surface area contributed by atoms with Crippen molar-refractivity contribution in [1.82, 2.24) is 14.2 Å². The minimum Gasteiger partial charge on any atom is -0.354 e. The first-order valence-corrected chi connectivity index (χ1v) is 12.6. The summed E-state index contributed by atoms with van der Waals surface area (Å²) in [6, 6.07) is 12.2. The number of nitrogens with zero attached hydrogens (tertiary/aromatic N) is 4. The van der Waals surface area contributed by atoms with Crippen LogP contribution in [0.5, 0.6) is 0 Å². The third kappa shape index (κ3) is 4.11. The van der Waals surface area contributed by atoms with Gasteiger partial charge in [-0.2, -0.15) is 4.31 Å². The third-order valence-corrected chi connectivity index (χ3v) is 8.50. The molecule has 0 spiro atoms. The van der Waals surface area contributed by atoms with Crippen molar-refractivity contribution in [1.29, 1.82) is 0 Å². The van der Waals surface area contributed by atoms with Gasteiger partial charge in [0.05, 0.1) is 4.90 Å². The maximum atomic E-state index is 12.8. The molecule has 1 aliphatic carbocycles. The highest BCUT2D eigenvalue weighted by Crippen LogP contribution is 2.29. The highest BCUT2D eigenvalue weighted by Gasteiger charge is 2.31. The summed E-state index contributed by atoms with van der Waals surface area (Å²) in [5, 5.41) is 0. The first-order valence-electron chi connectivity index (χ1n) is 11.2. The predicted octanol–water partition coefficient (Wildman–Crippen LogP) is 3.21. The van der Waals surface area contributed by atoms with Gasteiger partial charge in [-0.05, 0) is 55.5 Å². The summed E-state index contributed by atoms with van der Waals surface area (Å²) in [4.78, 5) is 10.0. The van der Waals surface area contributed by atoms with E-state index in [1.807, 2.05) is 18.3 Å². The summed E-state index contributed by atoms with van der Waals surface area (Å²) in [7, 11) is -3.38. The van der Waals surface area contributed by atoms with Crippen LogP contribution in [0, 0.1) is 0 Å². The van der Waals surface area contributed by atoms with Gasteiger partial charge in [0.2, 0.25) is 10.0 Å². The van der Waals surface area contributed by atoms with Crippen molar-refractivity contribution >= 4 is 15.8 Å². The molecule has 7 heteroatoms. The molecule has 5 rings (SSSR count). The summed E-state index contributed by atoms with van der Waals surface area (Å²) in [6.45, 7) is 5.58. The second-order valence-corrected chi connectivity index (χ2v) is 10.6. The lowest BCUT2D eigenvalue weighted by molar-refractivity contribution is 0.247. The smallest absolute Gasteiger partial charge is 0.243 e. The second kappa shape index (κ2) is 8.29. The van der Waals surface area contributed by atoms with Gasteiger partial charge in [-0.1, -0.05) is 18.6 Å². The standard InChI is InChI=1S/C23H30N4O2S/c28-30(29,27-12-2-1-3-13-27)22-9-4-19(5-10-22)20-6-11-23(24-18-20)26-16-14-25(15-17-26)21-7-8-21/h4-6,9-11,18,21H,1-3,7-8,12-17H2. The minimum absolute atomic E-state index is 0.381. The maximum absolute atomic E-state index is 12.8. The van der Waals surface area contributed by atoms with E-state index >= 15 is 0 Å². The van der Waals surface area contributed by atoms with Crippen LogP contribution >= 0.6 is 0 Å². The molecule has 0 atom stereocenters. The van der Waals surface area contributed by atoms with Gasteiger partial charge in [-0.3, -0.25) is 4.90 Å². The number of rotatable bonds is 5. The maximum Gasteiger partial charge on any atom is 0.243 e. The quantitative estimate of drug-likeness (QED) is 0.735. The number of benzene rings is 1. The Morgan fingerprint density at radius 2 is 1.43 bits per heavy atom. The first-order chi connectivity index (χ1) is 14.6. The van der Waals surface area contributed by atoms with E-state index in [0.717, 1.165) is 68.4 Å². The fraction of sp³-hybridized carbons (Fsp3) is 0.522. The van der Waals surface area contributed by atoms with Crippen LogP contribution in [0.3, 0.4) is 0 Å². The van der Waals surface area contributed by atoms with Gasteiger partial charge >= 0.3 is 0 Å². The lowest BCUT2D eigenvalue weighted by atomic mass is 10.1. The molecule has 0 bridgehead atoms. The van der Waals surface area contributed by atoms with Gasteiger partial charge < -0.3 is 4.90 Å². The monoisotopic (exact) mass is 426 g/mol. The van der Waals surface area contributed by atoms with Crippen LogP contribution in [0.1, 0.15) is 32.1 Å². The number of piperidine rings is 1. The molecule has 0 unspecified atom stereocenters. The lowest BCUT2D eigenvalue weighted by Gasteiger charge is -2.35. The normalized spacial score (nSPS) is 21.7. The minimum atomic E-state index is -3.38. The third-order valence-electron chi connectivity index (χ3n) is 6.59. The van der Waals surface area contributed by atoms with E-state index < -0.39 is 10.0 Å². The number of hydrogen-bond donors (Lipinski definition) is 0. The number of anilines is 1. The molecule has 1 aromatic carbocycles. The van der Waals surface area contributed by atoms with Crippen molar-refractivity contribution in [2.75, 3.05) is 44.2 Å². The number of pyridine rings is 1. The van der Waals surface area contributed by atoms with E-state index in [0.29, 0.717) is 18.0 Å². The van der Waals surface area contributed by atoms with Gasteiger partial charge in [0.15, 0.2) is 0 Å². The van der Waals surface area contributed by atoms with Crippen molar-refractivity contribution in [3.05, 3.63) is 42.6 Å². The number of sulfonamides is 1. The molecule has 0 amide bonds. The van der Waals surface area contributed by atoms with Crippen LogP contribution < -0.4 is 4.90 Å². The Morgan fingerprint density at radius 3 is 2.03 bits per heavy atom. The zero-order chi connectivity index (χ0) is 20.6. The topological polar surface area (TPSA) is 56.8 Å². The van der Waals surface area contributed by atoms with Gasteiger partial charge in [0, 0.05) is 57.1 Å². The molecule has 2 saturated heterocycles. The van der Waals surface area contributed by atoms with E-state index in [-0.39, 0.29) is 0 Å². The first kappa shape index (κ1) is 20.0. The zero-order valence-electron chi connectivity index (χ0n) is 17.4. The van der Waals surface area contributed by atoms with E-state index in [9.17, 15) is 8.42 Å². The summed E-state index contributed by atoms with van der Waals surface area (Å²) >= 11 is 0. The Morgan fingerprint density at radius 1 is 0.767 bits per heavy atom. The van der Waals surface area contributed by atoms with Gasteiger partial charge in [0.25, 0.3) is 0 Å². The van der Waals surface area contributed by atoms with Gasteiger partial charge in [-0.25, -0.2) is 13.4 Å². The van der Waals surface area contributed by atoms with Crippen molar-refractivity contribution in [3.63, 3.8) is 0 Å². The average Bonchev–Trinajstić information content (AvgIpc) is 3.66.